The Labute approximate surface area is 165 Å². The van der Waals surface area contributed by atoms with Gasteiger partial charge in [0.1, 0.15) is 4.83 Å². The molecule has 1 aliphatic carbocycles. The van der Waals surface area contributed by atoms with Crippen LogP contribution in [0.3, 0.4) is 0 Å². The van der Waals surface area contributed by atoms with Crippen molar-refractivity contribution in [1.82, 2.24) is 9.55 Å². The molecule has 1 aliphatic rings. The highest BCUT2D eigenvalue weighted by molar-refractivity contribution is 7.99. The lowest BCUT2D eigenvalue weighted by Gasteiger charge is -2.12. The van der Waals surface area contributed by atoms with Crippen LogP contribution in [0.15, 0.2) is 45.3 Å². The minimum Gasteiger partial charge on any atom is -0.268 e. The number of hydrogen-bond acceptors (Lipinski definition) is 4. The molecule has 0 amide bonds. The van der Waals surface area contributed by atoms with Gasteiger partial charge in [-0.1, -0.05) is 41.6 Å². The van der Waals surface area contributed by atoms with Gasteiger partial charge >= 0.3 is 0 Å². The first-order valence-electron chi connectivity index (χ1n) is 8.64. The lowest BCUT2D eigenvalue weighted by molar-refractivity contribution is 0.820. The molecule has 0 saturated heterocycles. The number of nitrogens with zero attached hydrogens (tertiary/aromatic N) is 2. The molecule has 0 radical (unpaired) electrons. The zero-order chi connectivity index (χ0) is 18.3. The molecule has 3 aromatic rings. The smallest absolute Gasteiger partial charge is 0.267 e. The Bertz CT molecular complexity index is 1080. The van der Waals surface area contributed by atoms with E-state index in [0.717, 1.165) is 50.9 Å². The van der Waals surface area contributed by atoms with Crippen LogP contribution in [0.2, 0.25) is 0 Å². The van der Waals surface area contributed by atoms with Crippen LogP contribution in [0.5, 0.6) is 0 Å². The quantitative estimate of drug-likeness (QED) is 0.428. The molecular weight excluding hydrogens is 384 g/mol. The Morgan fingerprint density at radius 2 is 2.27 bits per heavy atom. The van der Waals surface area contributed by atoms with Crippen molar-refractivity contribution in [3.05, 3.63) is 61.7 Å². The monoisotopic (exact) mass is 402 g/mol. The summed E-state index contributed by atoms with van der Waals surface area (Å²) in [6.07, 6.45) is 5.13. The van der Waals surface area contributed by atoms with Gasteiger partial charge in [-0.15, -0.1) is 11.3 Å². The molecule has 0 bridgehead atoms. The van der Waals surface area contributed by atoms with Crippen molar-refractivity contribution in [3.63, 3.8) is 0 Å². The Morgan fingerprint density at radius 1 is 1.42 bits per heavy atom. The third kappa shape index (κ3) is 3.24. The van der Waals surface area contributed by atoms with Gasteiger partial charge in [0.15, 0.2) is 5.16 Å². The van der Waals surface area contributed by atoms with Crippen LogP contribution in [0.25, 0.3) is 15.9 Å². The zero-order valence-electron chi connectivity index (χ0n) is 14.7. The molecule has 0 fully saturated rings. The second-order valence-corrected chi connectivity index (χ2v) is 9.18. The van der Waals surface area contributed by atoms with Gasteiger partial charge in [-0.25, -0.2) is 4.98 Å². The summed E-state index contributed by atoms with van der Waals surface area (Å²) in [5.41, 5.74) is 3.26. The molecule has 0 spiro atoms. The molecular formula is C20H19ClN2OS2. The van der Waals surface area contributed by atoms with Crippen LogP contribution in [-0.2, 0) is 12.8 Å². The number of benzene rings is 1. The summed E-state index contributed by atoms with van der Waals surface area (Å²) in [6, 6.07) is 8.03. The van der Waals surface area contributed by atoms with Crippen molar-refractivity contribution in [1.29, 1.82) is 0 Å². The summed E-state index contributed by atoms with van der Waals surface area (Å²) in [5, 5.41) is 2.29. The molecule has 1 aromatic carbocycles. The molecule has 0 atom stereocenters. The van der Waals surface area contributed by atoms with Gasteiger partial charge in [0.25, 0.3) is 5.56 Å². The van der Waals surface area contributed by atoms with E-state index < -0.39 is 0 Å². The van der Waals surface area contributed by atoms with E-state index in [0.29, 0.717) is 5.75 Å². The SMILES string of the molecule is C/C(Cl)=C/CSc1nc2sc3c(c2c(=O)n1-c1cccc(C)c1)CCC3. The molecule has 2 heterocycles. The van der Waals surface area contributed by atoms with Crippen molar-refractivity contribution in [2.24, 2.45) is 0 Å². The highest BCUT2D eigenvalue weighted by atomic mass is 35.5. The predicted molar refractivity (Wildman–Crippen MR) is 112 cm³/mol. The maximum Gasteiger partial charge on any atom is 0.267 e. The van der Waals surface area contributed by atoms with E-state index in [1.165, 1.54) is 10.4 Å². The summed E-state index contributed by atoms with van der Waals surface area (Å²) in [5.74, 6) is 0.685. The van der Waals surface area contributed by atoms with Crippen molar-refractivity contribution < 1.29 is 0 Å². The van der Waals surface area contributed by atoms with E-state index in [2.05, 4.69) is 0 Å². The zero-order valence-corrected chi connectivity index (χ0v) is 17.1. The number of rotatable bonds is 4. The summed E-state index contributed by atoms with van der Waals surface area (Å²) < 4.78 is 1.77. The van der Waals surface area contributed by atoms with Gasteiger partial charge in [-0.2, -0.15) is 0 Å². The van der Waals surface area contributed by atoms with Gasteiger partial charge in [0, 0.05) is 15.7 Å². The second-order valence-electron chi connectivity index (χ2n) is 6.51. The molecule has 4 rings (SSSR count). The van der Waals surface area contributed by atoms with Crippen molar-refractivity contribution >= 4 is 44.9 Å². The predicted octanol–water partition coefficient (Wildman–Crippen LogP) is 5.48. The van der Waals surface area contributed by atoms with Crippen LogP contribution in [-0.4, -0.2) is 15.3 Å². The maximum absolute atomic E-state index is 13.5. The molecule has 3 nitrogen and oxygen atoms in total. The van der Waals surface area contributed by atoms with Gasteiger partial charge in [-0.05, 0) is 56.4 Å². The summed E-state index contributed by atoms with van der Waals surface area (Å²) in [7, 11) is 0. The van der Waals surface area contributed by atoms with Crippen molar-refractivity contribution in [2.75, 3.05) is 5.75 Å². The van der Waals surface area contributed by atoms with Crippen LogP contribution in [0.1, 0.15) is 29.3 Å². The highest BCUT2D eigenvalue weighted by Gasteiger charge is 2.23. The molecule has 6 heteroatoms. The van der Waals surface area contributed by atoms with Crippen LogP contribution in [0, 0.1) is 6.92 Å². The molecule has 0 unspecified atom stereocenters. The fourth-order valence-corrected chi connectivity index (χ4v) is 5.78. The van der Waals surface area contributed by atoms with Gasteiger partial charge < -0.3 is 0 Å². The fraction of sp³-hybridized carbons (Fsp3) is 0.300. The minimum absolute atomic E-state index is 0.0501. The Hall–Kier alpha value is -1.56. The minimum atomic E-state index is 0.0501. The van der Waals surface area contributed by atoms with E-state index >= 15 is 0 Å². The van der Waals surface area contributed by atoms with Crippen LogP contribution < -0.4 is 5.56 Å². The van der Waals surface area contributed by atoms with E-state index in [4.69, 9.17) is 16.6 Å². The Kier molecular flexibility index (Phi) is 4.95. The number of hydrogen-bond donors (Lipinski definition) is 0. The van der Waals surface area contributed by atoms with E-state index in [-0.39, 0.29) is 5.56 Å². The topological polar surface area (TPSA) is 34.9 Å². The Morgan fingerprint density at radius 3 is 3.04 bits per heavy atom. The molecule has 0 saturated carbocycles. The van der Waals surface area contributed by atoms with Crippen LogP contribution >= 0.6 is 34.7 Å². The third-order valence-electron chi connectivity index (χ3n) is 4.55. The fourth-order valence-electron chi connectivity index (χ4n) is 3.35. The summed E-state index contributed by atoms with van der Waals surface area (Å²) in [6.45, 7) is 3.89. The Balaban J connectivity index is 1.94. The molecule has 0 N–H and O–H groups in total. The molecule has 26 heavy (non-hydrogen) atoms. The van der Waals surface area contributed by atoms with E-state index in [1.807, 2.05) is 44.2 Å². The standard InChI is InChI=1S/C20H19ClN2OS2/c1-12-5-3-6-14(11-12)23-19(24)17-15-7-4-8-16(15)26-18(17)22-20(23)25-10-9-13(2)21/h3,5-6,9,11H,4,7-8,10H2,1-2H3/b13-9-. The van der Waals surface area contributed by atoms with Crippen LogP contribution in [0.4, 0.5) is 0 Å². The average Bonchev–Trinajstić information content (AvgIpc) is 3.15. The number of thiophene rings is 1. The number of aromatic nitrogens is 2. The van der Waals surface area contributed by atoms with E-state index in [9.17, 15) is 4.79 Å². The number of aryl methyl sites for hydroxylation is 3. The first kappa shape index (κ1) is 17.8. The normalized spacial score (nSPS) is 14.2. The summed E-state index contributed by atoms with van der Waals surface area (Å²) >= 11 is 9.19. The van der Waals surface area contributed by atoms with Gasteiger partial charge in [0.05, 0.1) is 11.1 Å². The van der Waals surface area contributed by atoms with E-state index in [1.54, 1.807) is 27.7 Å². The first-order chi connectivity index (χ1) is 12.5. The van der Waals surface area contributed by atoms with Gasteiger partial charge in [0.2, 0.25) is 0 Å². The maximum atomic E-state index is 13.5. The van der Waals surface area contributed by atoms with Crippen molar-refractivity contribution in [3.8, 4) is 5.69 Å². The number of halogens is 1. The highest BCUT2D eigenvalue weighted by Crippen LogP contribution is 2.36. The first-order valence-corrected chi connectivity index (χ1v) is 10.8. The average molecular weight is 403 g/mol. The largest absolute Gasteiger partial charge is 0.268 e. The molecule has 0 aliphatic heterocycles. The number of allylic oxidation sites excluding steroid dienone is 1. The lowest BCUT2D eigenvalue weighted by atomic mass is 10.2. The summed E-state index contributed by atoms with van der Waals surface area (Å²) in [4.78, 5) is 20.5. The third-order valence-corrected chi connectivity index (χ3v) is 6.75. The number of fused-ring (bicyclic) bond motifs is 3. The van der Waals surface area contributed by atoms with Crippen molar-refractivity contribution in [2.45, 2.75) is 38.3 Å². The second kappa shape index (κ2) is 7.22. The molecule has 134 valence electrons. The number of thioether (sulfide) groups is 1. The molecule has 2 aromatic heterocycles. The van der Waals surface area contributed by atoms with Gasteiger partial charge in [-0.3, -0.25) is 9.36 Å². The lowest BCUT2D eigenvalue weighted by Crippen LogP contribution is -2.22.